The monoisotopic (exact) mass is 425 g/mol. The summed E-state index contributed by atoms with van der Waals surface area (Å²) in [5.74, 6) is 0.284. The smallest absolute Gasteiger partial charge is 0.255 e. The number of likely N-dealkylation sites (tertiary alicyclic amines) is 1. The summed E-state index contributed by atoms with van der Waals surface area (Å²) in [5.41, 5.74) is 3.91. The van der Waals surface area contributed by atoms with Crippen molar-refractivity contribution < 1.29 is 14.3 Å². The normalized spacial score (nSPS) is 14.5. The van der Waals surface area contributed by atoms with Gasteiger partial charge < -0.3 is 9.64 Å². The van der Waals surface area contributed by atoms with Gasteiger partial charge in [-0.15, -0.1) is 0 Å². The molecule has 156 valence electrons. The maximum Gasteiger partial charge on any atom is 0.255 e. The molecule has 1 saturated heterocycles. The largest absolute Gasteiger partial charge is 0.490 e. The van der Waals surface area contributed by atoms with Crippen LogP contribution in [0.5, 0.6) is 5.75 Å². The lowest BCUT2D eigenvalue weighted by molar-refractivity contribution is -0.126. The first-order valence-corrected chi connectivity index (χ1v) is 10.2. The molecule has 1 heterocycles. The maximum atomic E-state index is 12.6. The minimum absolute atomic E-state index is 0.101. The van der Waals surface area contributed by atoms with Crippen LogP contribution in [0.25, 0.3) is 0 Å². The zero-order valence-corrected chi connectivity index (χ0v) is 17.3. The molecule has 0 aromatic heterocycles. The van der Waals surface area contributed by atoms with E-state index in [2.05, 4.69) is 17.1 Å². The predicted molar refractivity (Wildman–Crippen MR) is 118 cm³/mol. The van der Waals surface area contributed by atoms with Crippen molar-refractivity contribution in [2.24, 2.45) is 11.0 Å². The molecule has 2 aromatic carbocycles. The van der Waals surface area contributed by atoms with Crippen LogP contribution in [0.2, 0.25) is 5.02 Å². The van der Waals surface area contributed by atoms with Gasteiger partial charge in [-0.1, -0.05) is 48.5 Å². The van der Waals surface area contributed by atoms with E-state index >= 15 is 0 Å². The molecule has 0 atom stereocenters. The Hall–Kier alpha value is -3.12. The van der Waals surface area contributed by atoms with Crippen molar-refractivity contribution >= 4 is 29.6 Å². The van der Waals surface area contributed by atoms with Crippen molar-refractivity contribution in [2.45, 2.75) is 12.8 Å². The van der Waals surface area contributed by atoms with Gasteiger partial charge in [0.2, 0.25) is 5.91 Å². The van der Waals surface area contributed by atoms with E-state index in [0.717, 1.165) is 5.56 Å². The topological polar surface area (TPSA) is 71.0 Å². The average Bonchev–Trinajstić information content (AvgIpc) is 2.78. The van der Waals surface area contributed by atoms with Gasteiger partial charge in [-0.3, -0.25) is 9.59 Å². The number of halogens is 1. The fourth-order valence-electron chi connectivity index (χ4n) is 3.25. The van der Waals surface area contributed by atoms with Gasteiger partial charge in [-0.2, -0.15) is 5.10 Å². The molecular weight excluding hydrogens is 402 g/mol. The predicted octanol–water partition coefficient (Wildman–Crippen LogP) is 3.91. The minimum atomic E-state index is -0.181. The van der Waals surface area contributed by atoms with Gasteiger partial charge in [0, 0.05) is 19.0 Å². The Morgan fingerprint density at radius 1 is 1.20 bits per heavy atom. The third-order valence-corrected chi connectivity index (χ3v) is 5.20. The van der Waals surface area contributed by atoms with Gasteiger partial charge in [0.15, 0.2) is 0 Å². The summed E-state index contributed by atoms with van der Waals surface area (Å²) in [6.07, 6.45) is 4.42. The number of hydrogen-bond donors (Lipinski definition) is 1. The summed E-state index contributed by atoms with van der Waals surface area (Å²) in [7, 11) is 0. The lowest BCUT2D eigenvalue weighted by Crippen LogP contribution is -2.42. The van der Waals surface area contributed by atoms with Gasteiger partial charge in [0.25, 0.3) is 5.91 Å². The van der Waals surface area contributed by atoms with Gasteiger partial charge in [0.1, 0.15) is 12.4 Å². The summed E-state index contributed by atoms with van der Waals surface area (Å²) < 4.78 is 5.48. The maximum absolute atomic E-state index is 12.6. The van der Waals surface area contributed by atoms with Crippen LogP contribution in [-0.4, -0.2) is 42.6 Å². The van der Waals surface area contributed by atoms with E-state index in [0.29, 0.717) is 48.9 Å². The molecule has 0 spiro atoms. The molecule has 1 aliphatic heterocycles. The Kier molecular flexibility index (Phi) is 7.63. The zero-order valence-electron chi connectivity index (χ0n) is 16.6. The second-order valence-corrected chi connectivity index (χ2v) is 7.36. The Balaban J connectivity index is 1.48. The standard InChI is InChI=1S/C23H24ClN3O3/c1-2-14-30-19-7-5-6-17(15-19)16-25-26-22(28)18-10-12-27(13-11-18)23(29)20-8-3-4-9-21(20)24/h2-9,15-16,18H,1,10-14H2,(H,26,28)/b25-16-. The first-order chi connectivity index (χ1) is 14.6. The molecule has 1 fully saturated rings. The molecule has 0 radical (unpaired) electrons. The summed E-state index contributed by atoms with van der Waals surface area (Å²) in [6.45, 7) is 5.06. The van der Waals surface area contributed by atoms with E-state index in [-0.39, 0.29) is 17.7 Å². The van der Waals surface area contributed by atoms with Crippen molar-refractivity contribution in [2.75, 3.05) is 19.7 Å². The summed E-state index contributed by atoms with van der Waals surface area (Å²) >= 11 is 6.12. The van der Waals surface area contributed by atoms with Crippen LogP contribution < -0.4 is 10.2 Å². The third-order valence-electron chi connectivity index (χ3n) is 4.87. The lowest BCUT2D eigenvalue weighted by Gasteiger charge is -2.31. The second kappa shape index (κ2) is 10.6. The number of hydrogen-bond acceptors (Lipinski definition) is 4. The van der Waals surface area contributed by atoms with E-state index in [1.54, 1.807) is 41.5 Å². The highest BCUT2D eigenvalue weighted by Gasteiger charge is 2.28. The number of carbonyl (C=O) groups is 2. The molecule has 0 bridgehead atoms. The molecule has 3 rings (SSSR count). The fraction of sp³-hybridized carbons (Fsp3) is 0.261. The summed E-state index contributed by atoms with van der Waals surface area (Å²) in [4.78, 5) is 26.8. The fourth-order valence-corrected chi connectivity index (χ4v) is 3.47. The van der Waals surface area contributed by atoms with Crippen LogP contribution in [-0.2, 0) is 4.79 Å². The van der Waals surface area contributed by atoms with Gasteiger partial charge in [-0.25, -0.2) is 5.43 Å². The molecule has 30 heavy (non-hydrogen) atoms. The second-order valence-electron chi connectivity index (χ2n) is 6.95. The van der Waals surface area contributed by atoms with Crippen LogP contribution in [0.3, 0.4) is 0 Å². The molecule has 2 amide bonds. The van der Waals surface area contributed by atoms with Crippen LogP contribution in [0.4, 0.5) is 0 Å². The van der Waals surface area contributed by atoms with Gasteiger partial charge in [0.05, 0.1) is 16.8 Å². The van der Waals surface area contributed by atoms with Crippen molar-refractivity contribution in [3.05, 3.63) is 77.3 Å². The minimum Gasteiger partial charge on any atom is -0.490 e. The summed E-state index contributed by atoms with van der Waals surface area (Å²) in [5, 5.41) is 4.49. The molecule has 0 unspecified atom stereocenters. The van der Waals surface area contributed by atoms with Gasteiger partial charge in [-0.05, 0) is 42.7 Å². The van der Waals surface area contributed by atoms with E-state index < -0.39 is 0 Å². The zero-order chi connectivity index (χ0) is 21.3. The van der Waals surface area contributed by atoms with E-state index in [4.69, 9.17) is 16.3 Å². The van der Waals surface area contributed by atoms with Crippen LogP contribution >= 0.6 is 11.6 Å². The molecule has 1 N–H and O–H groups in total. The van der Waals surface area contributed by atoms with Crippen LogP contribution in [0, 0.1) is 5.92 Å². The highest BCUT2D eigenvalue weighted by Crippen LogP contribution is 2.22. The Bertz CT molecular complexity index is 937. The number of nitrogens with one attached hydrogen (secondary N) is 1. The Labute approximate surface area is 181 Å². The number of ether oxygens (including phenoxy) is 1. The number of hydrazone groups is 1. The van der Waals surface area contributed by atoms with Crippen molar-refractivity contribution in [3.8, 4) is 5.75 Å². The molecule has 6 nitrogen and oxygen atoms in total. The first kappa shape index (κ1) is 21.6. The molecule has 2 aromatic rings. The van der Waals surface area contributed by atoms with E-state index in [1.165, 1.54) is 0 Å². The number of amides is 2. The van der Waals surface area contributed by atoms with E-state index in [9.17, 15) is 9.59 Å². The summed E-state index contributed by atoms with van der Waals surface area (Å²) in [6, 6.07) is 14.4. The number of carbonyl (C=O) groups excluding carboxylic acids is 2. The number of benzene rings is 2. The highest BCUT2D eigenvalue weighted by molar-refractivity contribution is 6.33. The van der Waals surface area contributed by atoms with Crippen molar-refractivity contribution in [1.82, 2.24) is 10.3 Å². The van der Waals surface area contributed by atoms with Crippen molar-refractivity contribution in [3.63, 3.8) is 0 Å². The lowest BCUT2D eigenvalue weighted by atomic mass is 9.95. The highest BCUT2D eigenvalue weighted by atomic mass is 35.5. The molecular formula is C23H24ClN3O3. The Morgan fingerprint density at radius 2 is 1.97 bits per heavy atom. The molecule has 7 heteroatoms. The SMILES string of the molecule is C=CCOc1cccc(/C=N\NC(=O)C2CCN(C(=O)c3ccccc3Cl)CC2)c1. The Morgan fingerprint density at radius 3 is 2.70 bits per heavy atom. The van der Waals surface area contributed by atoms with Crippen molar-refractivity contribution in [1.29, 1.82) is 0 Å². The molecule has 1 aliphatic rings. The molecule has 0 saturated carbocycles. The third kappa shape index (κ3) is 5.70. The van der Waals surface area contributed by atoms with Crippen LogP contribution in [0.1, 0.15) is 28.8 Å². The number of rotatable bonds is 7. The number of piperidine rings is 1. The first-order valence-electron chi connectivity index (χ1n) is 9.79. The van der Waals surface area contributed by atoms with E-state index in [1.807, 2.05) is 24.3 Å². The molecule has 0 aliphatic carbocycles. The quantitative estimate of drug-likeness (QED) is 0.415. The number of nitrogens with zero attached hydrogens (tertiary/aromatic N) is 2. The van der Waals surface area contributed by atoms with Crippen LogP contribution in [0.15, 0.2) is 66.3 Å². The van der Waals surface area contributed by atoms with Gasteiger partial charge >= 0.3 is 0 Å². The average molecular weight is 426 g/mol.